The van der Waals surface area contributed by atoms with Crippen LogP contribution in [0.4, 0.5) is 5.69 Å². The Hall–Kier alpha value is -2.15. The summed E-state index contributed by atoms with van der Waals surface area (Å²) in [6, 6.07) is 4.14. The average molecular weight is 267 g/mol. The molecule has 0 spiro atoms. The summed E-state index contributed by atoms with van der Waals surface area (Å²) in [5.41, 5.74) is -0.247. The fourth-order valence-electron chi connectivity index (χ4n) is 1.43. The lowest BCUT2D eigenvalue weighted by atomic mass is 10.1. The van der Waals surface area contributed by atoms with Gasteiger partial charge < -0.3 is 15.4 Å². The molecule has 0 saturated carbocycles. The third-order valence-electron chi connectivity index (χ3n) is 2.71. The van der Waals surface area contributed by atoms with Crippen LogP contribution in [0.2, 0.25) is 0 Å². The highest BCUT2D eigenvalue weighted by Crippen LogP contribution is 2.23. The maximum absolute atomic E-state index is 12.0. The van der Waals surface area contributed by atoms with Crippen LogP contribution < -0.4 is 15.4 Å². The topological polar surface area (TPSA) is 93.5 Å². The first-order chi connectivity index (χ1) is 8.99. The lowest BCUT2D eigenvalue weighted by Crippen LogP contribution is -2.37. The SMILES string of the molecule is CNC(C)CNC(=O)c1cc(OC)ccc1[N+](=O)[O-]. The Labute approximate surface area is 111 Å². The Bertz CT molecular complexity index is 476. The van der Waals surface area contributed by atoms with E-state index in [4.69, 9.17) is 4.74 Å². The average Bonchev–Trinajstić information content (AvgIpc) is 2.43. The van der Waals surface area contributed by atoms with Crippen molar-refractivity contribution < 1.29 is 14.5 Å². The summed E-state index contributed by atoms with van der Waals surface area (Å²) >= 11 is 0. The number of carbonyl (C=O) groups excluding carboxylic acids is 1. The molecule has 0 bridgehead atoms. The van der Waals surface area contributed by atoms with E-state index >= 15 is 0 Å². The largest absolute Gasteiger partial charge is 0.497 e. The number of methoxy groups -OCH3 is 1. The van der Waals surface area contributed by atoms with Gasteiger partial charge in [0.15, 0.2) is 0 Å². The van der Waals surface area contributed by atoms with Crippen LogP contribution in [0.1, 0.15) is 17.3 Å². The van der Waals surface area contributed by atoms with Crippen molar-refractivity contribution >= 4 is 11.6 Å². The van der Waals surface area contributed by atoms with Crippen LogP contribution in [0.15, 0.2) is 18.2 Å². The first-order valence-electron chi connectivity index (χ1n) is 5.77. The third kappa shape index (κ3) is 3.92. The predicted molar refractivity (Wildman–Crippen MR) is 70.5 cm³/mol. The second-order valence-corrected chi connectivity index (χ2v) is 4.04. The second-order valence-electron chi connectivity index (χ2n) is 4.04. The molecule has 0 saturated heterocycles. The monoisotopic (exact) mass is 267 g/mol. The van der Waals surface area contributed by atoms with Gasteiger partial charge in [0, 0.05) is 18.7 Å². The van der Waals surface area contributed by atoms with Crippen molar-refractivity contribution in [2.45, 2.75) is 13.0 Å². The number of carbonyl (C=O) groups is 1. The number of nitrogens with zero attached hydrogens (tertiary/aromatic N) is 1. The molecule has 7 heteroatoms. The molecule has 1 rings (SSSR count). The molecule has 0 radical (unpaired) electrons. The Morgan fingerprint density at radius 3 is 2.74 bits per heavy atom. The van der Waals surface area contributed by atoms with Crippen LogP contribution in [-0.4, -0.2) is 37.6 Å². The minimum atomic E-state index is -0.587. The van der Waals surface area contributed by atoms with Crippen LogP contribution >= 0.6 is 0 Å². The minimum absolute atomic E-state index is 0.00680. The minimum Gasteiger partial charge on any atom is -0.497 e. The lowest BCUT2D eigenvalue weighted by Gasteiger charge is -2.12. The number of nitrogens with one attached hydrogen (secondary N) is 2. The molecular formula is C12H17N3O4. The number of hydrogen-bond donors (Lipinski definition) is 2. The van der Waals surface area contributed by atoms with Gasteiger partial charge in [-0.15, -0.1) is 0 Å². The zero-order valence-corrected chi connectivity index (χ0v) is 11.1. The normalized spacial score (nSPS) is 11.7. The molecule has 0 aliphatic rings. The molecule has 1 unspecified atom stereocenters. The van der Waals surface area contributed by atoms with Gasteiger partial charge >= 0.3 is 0 Å². The van der Waals surface area contributed by atoms with Crippen LogP contribution in [0.3, 0.4) is 0 Å². The third-order valence-corrected chi connectivity index (χ3v) is 2.71. The standard InChI is InChI=1S/C12H17N3O4/c1-8(13-2)7-14-12(16)10-6-9(19-3)4-5-11(10)15(17)18/h4-6,8,13H,7H2,1-3H3,(H,14,16). The van der Waals surface area contributed by atoms with Crippen molar-refractivity contribution in [3.05, 3.63) is 33.9 Å². The summed E-state index contributed by atoms with van der Waals surface area (Å²) in [6.45, 7) is 2.27. The zero-order chi connectivity index (χ0) is 14.4. The molecule has 0 aliphatic carbocycles. The van der Waals surface area contributed by atoms with E-state index in [9.17, 15) is 14.9 Å². The fourth-order valence-corrected chi connectivity index (χ4v) is 1.43. The summed E-state index contributed by atoms with van der Waals surface area (Å²) in [6.07, 6.45) is 0. The highest BCUT2D eigenvalue weighted by molar-refractivity contribution is 5.98. The first-order valence-corrected chi connectivity index (χ1v) is 5.77. The molecule has 7 nitrogen and oxygen atoms in total. The van der Waals surface area contributed by atoms with Crippen molar-refractivity contribution in [2.24, 2.45) is 0 Å². The number of hydrogen-bond acceptors (Lipinski definition) is 5. The molecule has 1 amide bonds. The summed E-state index contributed by atoms with van der Waals surface area (Å²) in [7, 11) is 3.21. The molecule has 19 heavy (non-hydrogen) atoms. The molecule has 1 atom stereocenters. The number of likely N-dealkylation sites (N-methyl/N-ethyl adjacent to an activating group) is 1. The van der Waals surface area contributed by atoms with Gasteiger partial charge in [0.2, 0.25) is 0 Å². The number of benzene rings is 1. The molecule has 0 aromatic heterocycles. The van der Waals surface area contributed by atoms with Crippen LogP contribution in [0.5, 0.6) is 5.75 Å². The number of nitro groups is 1. The fraction of sp³-hybridized carbons (Fsp3) is 0.417. The molecule has 0 fully saturated rings. The summed E-state index contributed by atoms with van der Waals surface area (Å²) < 4.78 is 4.97. The van der Waals surface area contributed by atoms with E-state index < -0.39 is 10.8 Å². The van der Waals surface area contributed by atoms with E-state index in [1.165, 1.54) is 25.3 Å². The van der Waals surface area contributed by atoms with Gasteiger partial charge in [-0.05, 0) is 26.1 Å². The number of amides is 1. The molecular weight excluding hydrogens is 250 g/mol. The van der Waals surface area contributed by atoms with Crippen LogP contribution in [-0.2, 0) is 0 Å². The second kappa shape index (κ2) is 6.69. The first kappa shape index (κ1) is 14.9. The highest BCUT2D eigenvalue weighted by atomic mass is 16.6. The summed E-state index contributed by atoms with van der Waals surface area (Å²) in [5, 5.41) is 16.5. The Morgan fingerprint density at radius 2 is 2.21 bits per heavy atom. The number of rotatable bonds is 6. The Kier molecular flexibility index (Phi) is 5.25. The van der Waals surface area contributed by atoms with E-state index in [-0.39, 0.29) is 17.3 Å². The zero-order valence-electron chi connectivity index (χ0n) is 11.1. The van der Waals surface area contributed by atoms with Crippen molar-refractivity contribution in [1.82, 2.24) is 10.6 Å². The van der Waals surface area contributed by atoms with Gasteiger partial charge in [-0.3, -0.25) is 14.9 Å². The maximum Gasteiger partial charge on any atom is 0.282 e. The number of ether oxygens (including phenoxy) is 1. The Balaban J connectivity index is 2.95. The molecule has 104 valence electrons. The van der Waals surface area contributed by atoms with Crippen LogP contribution in [0.25, 0.3) is 0 Å². The molecule has 1 aromatic carbocycles. The van der Waals surface area contributed by atoms with Crippen molar-refractivity contribution in [3.63, 3.8) is 0 Å². The van der Waals surface area contributed by atoms with Gasteiger partial charge in [-0.2, -0.15) is 0 Å². The van der Waals surface area contributed by atoms with Crippen LogP contribution in [0, 0.1) is 10.1 Å². The van der Waals surface area contributed by atoms with Gasteiger partial charge in [-0.1, -0.05) is 0 Å². The lowest BCUT2D eigenvalue weighted by molar-refractivity contribution is -0.385. The van der Waals surface area contributed by atoms with E-state index in [0.717, 1.165) is 0 Å². The van der Waals surface area contributed by atoms with E-state index in [0.29, 0.717) is 12.3 Å². The van der Waals surface area contributed by atoms with E-state index in [1.54, 1.807) is 7.05 Å². The quantitative estimate of drug-likeness (QED) is 0.591. The number of nitro benzene ring substituents is 1. The van der Waals surface area contributed by atoms with Crippen molar-refractivity contribution in [3.8, 4) is 5.75 Å². The van der Waals surface area contributed by atoms with Crippen molar-refractivity contribution in [2.75, 3.05) is 20.7 Å². The van der Waals surface area contributed by atoms with E-state index in [1.807, 2.05) is 6.92 Å². The van der Waals surface area contributed by atoms with Gasteiger partial charge in [0.25, 0.3) is 11.6 Å². The maximum atomic E-state index is 12.0. The molecule has 1 aromatic rings. The van der Waals surface area contributed by atoms with Gasteiger partial charge in [-0.25, -0.2) is 0 Å². The summed E-state index contributed by atoms with van der Waals surface area (Å²) in [4.78, 5) is 22.3. The highest BCUT2D eigenvalue weighted by Gasteiger charge is 2.21. The summed E-state index contributed by atoms with van der Waals surface area (Å²) in [5.74, 6) is -0.0925. The Morgan fingerprint density at radius 1 is 1.53 bits per heavy atom. The molecule has 0 aliphatic heterocycles. The van der Waals surface area contributed by atoms with Gasteiger partial charge in [0.1, 0.15) is 11.3 Å². The van der Waals surface area contributed by atoms with Gasteiger partial charge in [0.05, 0.1) is 12.0 Å². The molecule has 2 N–H and O–H groups in total. The van der Waals surface area contributed by atoms with E-state index in [2.05, 4.69) is 10.6 Å². The smallest absolute Gasteiger partial charge is 0.282 e. The van der Waals surface area contributed by atoms with Crippen molar-refractivity contribution in [1.29, 1.82) is 0 Å². The molecule has 0 heterocycles. The predicted octanol–water partition coefficient (Wildman–Crippen LogP) is 0.941.